The fourth-order valence-corrected chi connectivity index (χ4v) is 2.41. The lowest BCUT2D eigenvalue weighted by Crippen LogP contribution is -2.49. The highest BCUT2D eigenvalue weighted by atomic mass is 32.1. The molecule has 0 aromatic heterocycles. The zero-order chi connectivity index (χ0) is 13.7. The van der Waals surface area contributed by atoms with Gasteiger partial charge in [0.1, 0.15) is 0 Å². The van der Waals surface area contributed by atoms with Crippen molar-refractivity contribution in [1.29, 1.82) is 0 Å². The molecule has 1 aliphatic rings. The quantitative estimate of drug-likeness (QED) is 0.796. The smallest absolute Gasteiger partial charge is 0.227 e. The van der Waals surface area contributed by atoms with E-state index in [0.717, 1.165) is 36.6 Å². The van der Waals surface area contributed by atoms with Crippen molar-refractivity contribution in [2.75, 3.05) is 39.3 Å². The number of piperazine rings is 1. The summed E-state index contributed by atoms with van der Waals surface area (Å²) in [6, 6.07) is 7.71. The number of carbonyl (C=O) groups excluding carboxylic acids is 1. The number of benzene rings is 1. The van der Waals surface area contributed by atoms with Gasteiger partial charge in [-0.2, -0.15) is 0 Å². The zero-order valence-corrected chi connectivity index (χ0v) is 11.9. The van der Waals surface area contributed by atoms with Gasteiger partial charge in [-0.05, 0) is 17.7 Å². The summed E-state index contributed by atoms with van der Waals surface area (Å²) in [4.78, 5) is 17.2. The summed E-state index contributed by atoms with van der Waals surface area (Å²) in [5.74, 6) is 0.176. The van der Waals surface area contributed by atoms with Gasteiger partial charge in [-0.1, -0.05) is 12.1 Å². The Morgan fingerprint density at radius 1 is 1.16 bits per heavy atom. The summed E-state index contributed by atoms with van der Waals surface area (Å²) >= 11 is 4.23. The number of β-amino-alcohol motifs (C(OH)–C–C–N with tert-alkyl or cyclic N) is 1. The van der Waals surface area contributed by atoms with E-state index in [9.17, 15) is 4.79 Å². The van der Waals surface area contributed by atoms with E-state index >= 15 is 0 Å². The average Bonchev–Trinajstić information content (AvgIpc) is 2.42. The van der Waals surface area contributed by atoms with Gasteiger partial charge in [0.25, 0.3) is 0 Å². The Labute approximate surface area is 119 Å². The van der Waals surface area contributed by atoms with Crippen LogP contribution in [0.2, 0.25) is 0 Å². The molecule has 1 saturated heterocycles. The summed E-state index contributed by atoms with van der Waals surface area (Å²) in [6.45, 7) is 4.09. The molecule has 0 spiro atoms. The maximum absolute atomic E-state index is 12.2. The SMILES string of the molecule is O=C(Cc1ccc(S)cc1)N1CCN(CCO)CC1. The lowest BCUT2D eigenvalue weighted by atomic mass is 10.1. The van der Waals surface area contributed by atoms with E-state index in [0.29, 0.717) is 13.0 Å². The van der Waals surface area contributed by atoms with E-state index in [-0.39, 0.29) is 12.5 Å². The van der Waals surface area contributed by atoms with Crippen molar-refractivity contribution in [2.45, 2.75) is 11.3 Å². The number of aliphatic hydroxyl groups is 1. The molecule has 0 saturated carbocycles. The van der Waals surface area contributed by atoms with Crippen molar-refractivity contribution in [2.24, 2.45) is 0 Å². The highest BCUT2D eigenvalue weighted by Gasteiger charge is 2.20. The molecule has 1 N–H and O–H groups in total. The highest BCUT2D eigenvalue weighted by molar-refractivity contribution is 7.80. The topological polar surface area (TPSA) is 43.8 Å². The molecule has 1 aliphatic heterocycles. The predicted molar refractivity (Wildman–Crippen MR) is 77.5 cm³/mol. The van der Waals surface area contributed by atoms with Gasteiger partial charge in [-0.25, -0.2) is 0 Å². The average molecular weight is 280 g/mol. The van der Waals surface area contributed by atoms with Crippen LogP contribution in [-0.4, -0.2) is 60.1 Å². The Morgan fingerprint density at radius 2 is 1.79 bits per heavy atom. The van der Waals surface area contributed by atoms with Crippen molar-refractivity contribution in [3.8, 4) is 0 Å². The predicted octanol–water partition coefficient (Wildman–Crippen LogP) is 0.654. The first-order valence-corrected chi connectivity index (χ1v) is 7.02. The molecule has 4 nitrogen and oxygen atoms in total. The Balaban J connectivity index is 1.83. The minimum Gasteiger partial charge on any atom is -0.395 e. The maximum Gasteiger partial charge on any atom is 0.227 e. The molecule has 19 heavy (non-hydrogen) atoms. The number of aliphatic hydroxyl groups excluding tert-OH is 1. The van der Waals surface area contributed by atoms with Gasteiger partial charge in [0.15, 0.2) is 0 Å². The van der Waals surface area contributed by atoms with Crippen LogP contribution < -0.4 is 0 Å². The molecule has 5 heteroatoms. The van der Waals surface area contributed by atoms with Crippen LogP contribution in [0.1, 0.15) is 5.56 Å². The van der Waals surface area contributed by atoms with Gasteiger partial charge in [0.05, 0.1) is 13.0 Å². The van der Waals surface area contributed by atoms with E-state index in [1.54, 1.807) is 0 Å². The van der Waals surface area contributed by atoms with Gasteiger partial charge < -0.3 is 10.0 Å². The van der Waals surface area contributed by atoms with Crippen LogP contribution in [-0.2, 0) is 11.2 Å². The van der Waals surface area contributed by atoms with Gasteiger partial charge in [0.2, 0.25) is 5.91 Å². The second kappa shape index (κ2) is 6.93. The summed E-state index contributed by atoms with van der Waals surface area (Å²) in [7, 11) is 0. The molecular formula is C14H20N2O2S. The molecule has 0 unspecified atom stereocenters. The van der Waals surface area contributed by atoms with E-state index in [2.05, 4.69) is 17.5 Å². The molecule has 1 heterocycles. The number of nitrogens with zero attached hydrogens (tertiary/aromatic N) is 2. The van der Waals surface area contributed by atoms with Crippen LogP contribution in [0, 0.1) is 0 Å². The number of amides is 1. The van der Waals surface area contributed by atoms with Gasteiger partial charge in [-0.15, -0.1) is 12.6 Å². The van der Waals surface area contributed by atoms with Crippen molar-refractivity contribution < 1.29 is 9.90 Å². The minimum atomic E-state index is 0.176. The lowest BCUT2D eigenvalue weighted by Gasteiger charge is -2.34. The van der Waals surface area contributed by atoms with Gasteiger partial charge >= 0.3 is 0 Å². The first-order chi connectivity index (χ1) is 9.19. The van der Waals surface area contributed by atoms with Crippen LogP contribution in [0.15, 0.2) is 29.2 Å². The number of hydrogen-bond acceptors (Lipinski definition) is 4. The minimum absolute atomic E-state index is 0.176. The summed E-state index contributed by atoms with van der Waals surface area (Å²) < 4.78 is 0. The Kier molecular flexibility index (Phi) is 5.24. The molecular weight excluding hydrogens is 260 g/mol. The van der Waals surface area contributed by atoms with Crippen molar-refractivity contribution >= 4 is 18.5 Å². The Hall–Kier alpha value is -1.04. The molecule has 0 atom stereocenters. The van der Waals surface area contributed by atoms with E-state index in [1.165, 1.54) is 0 Å². The Bertz CT molecular complexity index is 414. The van der Waals surface area contributed by atoms with Crippen LogP contribution in [0.25, 0.3) is 0 Å². The molecule has 1 aromatic rings. The molecule has 0 aliphatic carbocycles. The number of carbonyl (C=O) groups is 1. The highest BCUT2D eigenvalue weighted by Crippen LogP contribution is 2.10. The number of thiol groups is 1. The zero-order valence-electron chi connectivity index (χ0n) is 11.0. The summed E-state index contributed by atoms with van der Waals surface area (Å²) in [5.41, 5.74) is 1.03. The van der Waals surface area contributed by atoms with Crippen LogP contribution in [0.4, 0.5) is 0 Å². The second-order valence-corrected chi connectivity index (χ2v) is 5.31. The van der Waals surface area contributed by atoms with Crippen molar-refractivity contribution in [3.05, 3.63) is 29.8 Å². The standard InChI is InChI=1S/C14H20N2O2S/c17-10-9-15-5-7-16(8-6-15)14(18)11-12-1-3-13(19)4-2-12/h1-4,17,19H,5-11H2. The largest absolute Gasteiger partial charge is 0.395 e. The van der Waals surface area contributed by atoms with Crippen LogP contribution in [0.3, 0.4) is 0 Å². The summed E-state index contributed by atoms with van der Waals surface area (Å²) in [5, 5.41) is 8.88. The van der Waals surface area contributed by atoms with Gasteiger partial charge in [-0.3, -0.25) is 9.69 Å². The van der Waals surface area contributed by atoms with E-state index in [4.69, 9.17) is 5.11 Å². The number of rotatable bonds is 4. The monoisotopic (exact) mass is 280 g/mol. The van der Waals surface area contributed by atoms with E-state index < -0.39 is 0 Å². The molecule has 2 rings (SSSR count). The fourth-order valence-electron chi connectivity index (χ4n) is 2.26. The normalized spacial score (nSPS) is 16.6. The molecule has 0 bridgehead atoms. The fraction of sp³-hybridized carbons (Fsp3) is 0.500. The van der Waals surface area contributed by atoms with Crippen molar-refractivity contribution in [3.63, 3.8) is 0 Å². The third-order valence-corrected chi connectivity index (χ3v) is 3.73. The third-order valence-electron chi connectivity index (χ3n) is 3.43. The van der Waals surface area contributed by atoms with Gasteiger partial charge in [0, 0.05) is 37.6 Å². The van der Waals surface area contributed by atoms with E-state index in [1.807, 2.05) is 29.2 Å². The molecule has 0 radical (unpaired) electrons. The molecule has 1 fully saturated rings. The van der Waals surface area contributed by atoms with Crippen LogP contribution in [0.5, 0.6) is 0 Å². The maximum atomic E-state index is 12.2. The molecule has 1 aromatic carbocycles. The first-order valence-electron chi connectivity index (χ1n) is 6.58. The second-order valence-electron chi connectivity index (χ2n) is 4.79. The third kappa shape index (κ3) is 4.23. The lowest BCUT2D eigenvalue weighted by molar-refractivity contribution is -0.132. The first kappa shape index (κ1) is 14.4. The van der Waals surface area contributed by atoms with Crippen LogP contribution >= 0.6 is 12.6 Å². The molecule has 104 valence electrons. The van der Waals surface area contributed by atoms with Crippen molar-refractivity contribution in [1.82, 2.24) is 9.80 Å². The number of hydrogen-bond donors (Lipinski definition) is 2. The molecule has 1 amide bonds. The summed E-state index contributed by atoms with van der Waals surface area (Å²) in [6.07, 6.45) is 0.452. The Morgan fingerprint density at radius 3 is 2.37 bits per heavy atom.